The summed E-state index contributed by atoms with van der Waals surface area (Å²) in [4.78, 5) is 8.28. The number of thioether (sulfide) groups is 2. The van der Waals surface area contributed by atoms with Crippen LogP contribution in [0.4, 0.5) is 0 Å². The van der Waals surface area contributed by atoms with E-state index in [9.17, 15) is 5.11 Å². The number of aliphatic hydroxyl groups excluding tert-OH is 1. The van der Waals surface area contributed by atoms with E-state index in [1.54, 1.807) is 31.3 Å². The van der Waals surface area contributed by atoms with Crippen LogP contribution in [-0.2, 0) is 0 Å². The van der Waals surface area contributed by atoms with E-state index in [1.807, 2.05) is 11.8 Å². The molecule has 0 saturated carbocycles. The highest BCUT2D eigenvalue weighted by Crippen LogP contribution is 2.39. The van der Waals surface area contributed by atoms with Crippen molar-refractivity contribution >= 4 is 23.5 Å². The van der Waals surface area contributed by atoms with Crippen LogP contribution in [0.1, 0.15) is 18.7 Å². The molecular weight excluding hydrogens is 256 g/mol. The summed E-state index contributed by atoms with van der Waals surface area (Å²) in [5.41, 5.74) is 0.543. The van der Waals surface area contributed by atoms with Gasteiger partial charge in [-0.25, -0.2) is 4.98 Å². The number of hydrogen-bond donors (Lipinski definition) is 1. The van der Waals surface area contributed by atoms with Crippen molar-refractivity contribution in [2.24, 2.45) is 0 Å². The molecule has 1 saturated heterocycles. The smallest absolute Gasteiger partial charge is 0.238 e. The summed E-state index contributed by atoms with van der Waals surface area (Å²) in [7, 11) is 1.55. The molecular formula is C11H16N2O2S2. The van der Waals surface area contributed by atoms with Gasteiger partial charge in [0.05, 0.1) is 7.11 Å². The molecule has 1 aromatic heterocycles. The summed E-state index contributed by atoms with van der Waals surface area (Å²) in [6.07, 6.45) is 2.54. The lowest BCUT2D eigenvalue weighted by atomic mass is 10.1. The van der Waals surface area contributed by atoms with Crippen LogP contribution in [0.15, 0.2) is 12.4 Å². The fourth-order valence-electron chi connectivity index (χ4n) is 1.85. The Morgan fingerprint density at radius 2 is 2.06 bits per heavy atom. The average Bonchev–Trinajstić information content (AvgIpc) is 2.38. The summed E-state index contributed by atoms with van der Waals surface area (Å²) < 4.78 is 5.14. The van der Waals surface area contributed by atoms with Gasteiger partial charge in [-0.05, 0) is 0 Å². The monoisotopic (exact) mass is 272 g/mol. The third-order valence-corrected chi connectivity index (χ3v) is 5.89. The maximum absolute atomic E-state index is 10.4. The van der Waals surface area contributed by atoms with Crippen molar-refractivity contribution in [3.63, 3.8) is 0 Å². The second kappa shape index (κ2) is 5.93. The average molecular weight is 272 g/mol. The summed E-state index contributed by atoms with van der Waals surface area (Å²) in [6.45, 7) is 2.15. The van der Waals surface area contributed by atoms with E-state index in [0.29, 0.717) is 16.8 Å². The molecule has 0 spiro atoms. The van der Waals surface area contributed by atoms with Crippen molar-refractivity contribution in [2.45, 2.75) is 23.5 Å². The van der Waals surface area contributed by atoms with E-state index in [-0.39, 0.29) is 5.25 Å². The number of nitrogens with zero attached hydrogens (tertiary/aromatic N) is 2. The summed E-state index contributed by atoms with van der Waals surface area (Å²) in [5, 5.41) is 11.0. The predicted octanol–water partition coefficient (Wildman–Crippen LogP) is 1.76. The van der Waals surface area contributed by atoms with Crippen LogP contribution in [0, 0.1) is 0 Å². The van der Waals surface area contributed by atoms with Crippen molar-refractivity contribution in [3.05, 3.63) is 18.1 Å². The first-order valence-electron chi connectivity index (χ1n) is 5.50. The van der Waals surface area contributed by atoms with Crippen molar-refractivity contribution in [2.75, 3.05) is 18.6 Å². The Labute approximate surface area is 110 Å². The van der Waals surface area contributed by atoms with Crippen LogP contribution in [-0.4, -0.2) is 44.2 Å². The number of aromatic nitrogens is 2. The van der Waals surface area contributed by atoms with E-state index < -0.39 is 6.10 Å². The van der Waals surface area contributed by atoms with Gasteiger partial charge in [-0.3, -0.25) is 4.98 Å². The van der Waals surface area contributed by atoms with Crippen LogP contribution in [0.5, 0.6) is 5.88 Å². The summed E-state index contributed by atoms with van der Waals surface area (Å²) in [5.74, 6) is 2.63. The van der Waals surface area contributed by atoms with E-state index in [2.05, 4.69) is 16.9 Å². The molecule has 1 aliphatic rings. The lowest BCUT2D eigenvalue weighted by Gasteiger charge is -2.31. The zero-order valence-electron chi connectivity index (χ0n) is 9.87. The molecule has 0 bridgehead atoms. The predicted molar refractivity (Wildman–Crippen MR) is 71.7 cm³/mol. The summed E-state index contributed by atoms with van der Waals surface area (Å²) in [6, 6.07) is 0. The van der Waals surface area contributed by atoms with Gasteiger partial charge in [0.25, 0.3) is 0 Å². The molecule has 0 radical (unpaired) electrons. The fraction of sp³-hybridized carbons (Fsp3) is 0.636. The van der Waals surface area contributed by atoms with E-state index in [0.717, 1.165) is 11.5 Å². The minimum absolute atomic E-state index is 0.152. The number of methoxy groups -OCH3 is 1. The largest absolute Gasteiger partial charge is 0.480 e. The molecule has 17 heavy (non-hydrogen) atoms. The molecule has 1 aliphatic heterocycles. The molecule has 94 valence electrons. The molecule has 3 atom stereocenters. The van der Waals surface area contributed by atoms with Crippen molar-refractivity contribution in [1.29, 1.82) is 0 Å². The molecule has 0 amide bonds. The molecule has 2 heterocycles. The third kappa shape index (κ3) is 2.86. The van der Waals surface area contributed by atoms with Crippen LogP contribution in [0.2, 0.25) is 0 Å². The van der Waals surface area contributed by atoms with Crippen molar-refractivity contribution < 1.29 is 9.84 Å². The van der Waals surface area contributed by atoms with Gasteiger partial charge in [0.15, 0.2) is 0 Å². The Morgan fingerprint density at radius 3 is 2.76 bits per heavy atom. The van der Waals surface area contributed by atoms with Gasteiger partial charge in [-0.15, -0.1) is 0 Å². The Kier molecular flexibility index (Phi) is 4.53. The maximum atomic E-state index is 10.4. The standard InChI is InChI=1S/C11H16N2O2S2/c1-7-10(17-6-5-16-7)9(14)8-11(15-2)13-4-3-12-8/h3-4,7,9-10,14H,5-6H2,1-2H3. The first-order chi connectivity index (χ1) is 8.24. The minimum atomic E-state index is -0.619. The van der Waals surface area contributed by atoms with Crippen LogP contribution < -0.4 is 4.74 Å². The highest BCUT2D eigenvalue weighted by atomic mass is 32.2. The quantitative estimate of drug-likeness (QED) is 0.905. The number of hydrogen-bond acceptors (Lipinski definition) is 6. The van der Waals surface area contributed by atoms with Gasteiger partial charge in [-0.1, -0.05) is 6.92 Å². The Balaban J connectivity index is 2.20. The van der Waals surface area contributed by atoms with Crippen molar-refractivity contribution in [3.8, 4) is 5.88 Å². The lowest BCUT2D eigenvalue weighted by molar-refractivity contribution is 0.163. The van der Waals surface area contributed by atoms with E-state index >= 15 is 0 Å². The first-order valence-corrected chi connectivity index (χ1v) is 7.60. The molecule has 0 aromatic carbocycles. The zero-order valence-corrected chi connectivity index (χ0v) is 11.5. The molecule has 3 unspecified atom stereocenters. The molecule has 1 aromatic rings. The summed E-state index contributed by atoms with van der Waals surface area (Å²) >= 11 is 3.69. The Morgan fingerprint density at radius 1 is 1.35 bits per heavy atom. The van der Waals surface area contributed by atoms with Crippen LogP contribution in [0.3, 0.4) is 0 Å². The van der Waals surface area contributed by atoms with E-state index in [1.165, 1.54) is 0 Å². The van der Waals surface area contributed by atoms with Gasteiger partial charge in [0, 0.05) is 34.4 Å². The van der Waals surface area contributed by atoms with Gasteiger partial charge >= 0.3 is 0 Å². The lowest BCUT2D eigenvalue weighted by Crippen LogP contribution is -2.30. The zero-order chi connectivity index (χ0) is 12.3. The Hall–Kier alpha value is -0.460. The molecule has 2 rings (SSSR count). The van der Waals surface area contributed by atoms with Crippen LogP contribution >= 0.6 is 23.5 Å². The number of aliphatic hydroxyl groups is 1. The minimum Gasteiger partial charge on any atom is -0.480 e. The second-order valence-electron chi connectivity index (χ2n) is 3.81. The SMILES string of the molecule is COc1nccnc1C(O)C1SCCSC1C. The molecule has 1 fully saturated rings. The number of ether oxygens (including phenoxy) is 1. The maximum Gasteiger partial charge on any atom is 0.238 e. The topological polar surface area (TPSA) is 55.2 Å². The highest BCUT2D eigenvalue weighted by molar-refractivity contribution is 8.07. The van der Waals surface area contributed by atoms with Crippen LogP contribution in [0.25, 0.3) is 0 Å². The van der Waals surface area contributed by atoms with Gasteiger partial charge in [0.2, 0.25) is 5.88 Å². The van der Waals surface area contributed by atoms with Gasteiger partial charge in [0.1, 0.15) is 11.8 Å². The van der Waals surface area contributed by atoms with Gasteiger partial charge < -0.3 is 9.84 Å². The highest BCUT2D eigenvalue weighted by Gasteiger charge is 2.32. The normalized spacial score (nSPS) is 26.5. The first kappa shape index (κ1) is 13.0. The van der Waals surface area contributed by atoms with Crippen molar-refractivity contribution in [1.82, 2.24) is 9.97 Å². The third-order valence-electron chi connectivity index (χ3n) is 2.71. The van der Waals surface area contributed by atoms with E-state index in [4.69, 9.17) is 4.74 Å². The molecule has 0 aliphatic carbocycles. The van der Waals surface area contributed by atoms with Gasteiger partial charge in [-0.2, -0.15) is 23.5 Å². The second-order valence-corrected chi connectivity index (χ2v) is 6.58. The molecule has 4 nitrogen and oxygen atoms in total. The Bertz CT molecular complexity index is 378. The number of rotatable bonds is 3. The fourth-order valence-corrected chi connectivity index (χ4v) is 4.65. The molecule has 1 N–H and O–H groups in total. The molecule has 6 heteroatoms.